The molecule has 4 nitrogen and oxygen atoms in total. The molecule has 1 aromatic heterocycles. The fourth-order valence-corrected chi connectivity index (χ4v) is 3.73. The highest BCUT2D eigenvalue weighted by Crippen LogP contribution is 2.25. The van der Waals surface area contributed by atoms with E-state index in [4.69, 9.17) is 4.74 Å². The maximum absolute atomic E-state index is 13.0. The summed E-state index contributed by atoms with van der Waals surface area (Å²) in [5.41, 5.74) is 3.85. The molecule has 0 bridgehead atoms. The molecule has 29 heavy (non-hydrogen) atoms. The Morgan fingerprint density at radius 2 is 1.66 bits per heavy atom. The average molecular weight is 403 g/mol. The monoisotopic (exact) mass is 403 g/mol. The molecule has 0 atom stereocenters. The smallest absolute Gasteiger partial charge is 0.215 e. The van der Waals surface area contributed by atoms with Gasteiger partial charge in [-0.1, -0.05) is 30.3 Å². The summed E-state index contributed by atoms with van der Waals surface area (Å²) < 4.78 is 20.4. The predicted molar refractivity (Wildman–Crippen MR) is 115 cm³/mol. The van der Waals surface area contributed by atoms with E-state index in [9.17, 15) is 4.39 Å². The minimum Gasteiger partial charge on any atom is -0.497 e. The van der Waals surface area contributed by atoms with Gasteiger partial charge in [0, 0.05) is 11.1 Å². The second kappa shape index (κ2) is 8.67. The lowest BCUT2D eigenvalue weighted by molar-refractivity contribution is 0.415. The Hall–Kier alpha value is -3.51. The molecule has 0 N–H and O–H groups in total. The third kappa shape index (κ3) is 4.33. The van der Waals surface area contributed by atoms with Gasteiger partial charge in [-0.05, 0) is 59.7 Å². The van der Waals surface area contributed by atoms with Crippen LogP contribution in [0.4, 0.5) is 4.39 Å². The third-order valence-electron chi connectivity index (χ3n) is 4.33. The SMILES string of the molecule is COc1ccc(-c2cs/c(=N\N=C\c3ccc(F)cc3)n2-c2ccccc2)cc1. The van der Waals surface area contributed by atoms with Crippen LogP contribution in [0, 0.1) is 5.82 Å². The van der Waals surface area contributed by atoms with E-state index in [0.29, 0.717) is 0 Å². The second-order valence-corrected chi connectivity index (χ2v) is 7.04. The minimum atomic E-state index is -0.275. The summed E-state index contributed by atoms with van der Waals surface area (Å²) in [6, 6.07) is 24.1. The molecular formula is C23H18FN3OS. The first kappa shape index (κ1) is 18.8. The Kier molecular flexibility index (Phi) is 5.63. The maximum atomic E-state index is 13.0. The summed E-state index contributed by atoms with van der Waals surface area (Å²) >= 11 is 1.50. The molecule has 0 fully saturated rings. The number of halogens is 1. The maximum Gasteiger partial charge on any atom is 0.215 e. The highest BCUT2D eigenvalue weighted by Gasteiger charge is 2.10. The largest absolute Gasteiger partial charge is 0.497 e. The van der Waals surface area contributed by atoms with Crippen molar-refractivity contribution in [2.75, 3.05) is 7.11 Å². The molecule has 4 aromatic rings. The van der Waals surface area contributed by atoms with Crippen LogP contribution in [0.2, 0.25) is 0 Å². The molecule has 0 radical (unpaired) electrons. The van der Waals surface area contributed by atoms with Crippen LogP contribution in [-0.4, -0.2) is 17.9 Å². The van der Waals surface area contributed by atoms with Gasteiger partial charge in [0.1, 0.15) is 11.6 Å². The topological polar surface area (TPSA) is 38.9 Å². The molecule has 1 heterocycles. The number of rotatable bonds is 5. The Balaban J connectivity index is 1.77. The van der Waals surface area contributed by atoms with Gasteiger partial charge < -0.3 is 4.74 Å². The Morgan fingerprint density at radius 1 is 0.931 bits per heavy atom. The average Bonchev–Trinajstić information content (AvgIpc) is 3.19. The predicted octanol–water partition coefficient (Wildman–Crippen LogP) is 5.29. The second-order valence-electron chi connectivity index (χ2n) is 6.20. The van der Waals surface area contributed by atoms with E-state index in [1.54, 1.807) is 25.5 Å². The van der Waals surface area contributed by atoms with Crippen molar-refractivity contribution in [1.29, 1.82) is 0 Å². The van der Waals surface area contributed by atoms with Crippen LogP contribution >= 0.6 is 11.3 Å². The lowest BCUT2D eigenvalue weighted by Crippen LogP contribution is -2.13. The van der Waals surface area contributed by atoms with E-state index in [1.165, 1.54) is 23.5 Å². The Morgan fingerprint density at radius 3 is 2.34 bits per heavy atom. The van der Waals surface area contributed by atoms with Crippen molar-refractivity contribution in [2.24, 2.45) is 10.2 Å². The van der Waals surface area contributed by atoms with Crippen LogP contribution in [0.25, 0.3) is 16.9 Å². The van der Waals surface area contributed by atoms with Crippen LogP contribution in [0.1, 0.15) is 5.56 Å². The molecule has 0 saturated heterocycles. The number of hydrogen-bond donors (Lipinski definition) is 0. The summed E-state index contributed by atoms with van der Waals surface area (Å²) in [5.74, 6) is 0.535. The molecule has 0 aliphatic heterocycles. The lowest BCUT2D eigenvalue weighted by atomic mass is 10.1. The normalized spacial score (nSPS) is 11.9. The van der Waals surface area contributed by atoms with E-state index < -0.39 is 0 Å². The van der Waals surface area contributed by atoms with E-state index in [1.807, 2.05) is 54.6 Å². The van der Waals surface area contributed by atoms with Crippen molar-refractivity contribution < 1.29 is 9.13 Å². The molecule has 0 spiro atoms. The van der Waals surface area contributed by atoms with E-state index in [0.717, 1.165) is 33.1 Å². The summed E-state index contributed by atoms with van der Waals surface area (Å²) in [6.07, 6.45) is 1.61. The van der Waals surface area contributed by atoms with Gasteiger partial charge in [0.25, 0.3) is 0 Å². The molecule has 0 saturated carbocycles. The zero-order chi connectivity index (χ0) is 20.1. The minimum absolute atomic E-state index is 0.275. The van der Waals surface area contributed by atoms with E-state index >= 15 is 0 Å². The fourth-order valence-electron chi connectivity index (χ4n) is 2.86. The van der Waals surface area contributed by atoms with Gasteiger partial charge in [0.15, 0.2) is 0 Å². The number of benzene rings is 3. The molecule has 0 aliphatic carbocycles. The van der Waals surface area contributed by atoms with Gasteiger partial charge in [0.05, 0.1) is 19.0 Å². The fraction of sp³-hybridized carbons (Fsp3) is 0.0435. The van der Waals surface area contributed by atoms with Crippen molar-refractivity contribution in [3.63, 3.8) is 0 Å². The van der Waals surface area contributed by atoms with Crippen LogP contribution in [0.15, 0.2) is 94.4 Å². The zero-order valence-electron chi connectivity index (χ0n) is 15.7. The first-order valence-electron chi connectivity index (χ1n) is 8.97. The zero-order valence-corrected chi connectivity index (χ0v) is 16.5. The number of nitrogens with zero attached hydrogens (tertiary/aromatic N) is 3. The number of methoxy groups -OCH3 is 1. The molecule has 0 amide bonds. The van der Waals surface area contributed by atoms with Gasteiger partial charge >= 0.3 is 0 Å². The Labute approximate surface area is 171 Å². The van der Waals surface area contributed by atoms with Gasteiger partial charge in [0.2, 0.25) is 4.80 Å². The molecule has 144 valence electrons. The van der Waals surface area contributed by atoms with Crippen molar-refractivity contribution in [3.05, 3.63) is 100 Å². The van der Waals surface area contributed by atoms with Gasteiger partial charge in [-0.2, -0.15) is 5.10 Å². The highest BCUT2D eigenvalue weighted by atomic mass is 32.1. The molecule has 6 heteroatoms. The number of hydrogen-bond acceptors (Lipinski definition) is 4. The first-order chi connectivity index (χ1) is 14.2. The molecule has 4 rings (SSSR count). The van der Waals surface area contributed by atoms with Gasteiger partial charge in [-0.3, -0.25) is 4.57 Å². The van der Waals surface area contributed by atoms with E-state index in [-0.39, 0.29) is 5.82 Å². The van der Waals surface area contributed by atoms with Crippen LogP contribution in [-0.2, 0) is 0 Å². The van der Waals surface area contributed by atoms with Gasteiger partial charge in [-0.25, -0.2) is 4.39 Å². The van der Waals surface area contributed by atoms with E-state index in [2.05, 4.69) is 20.1 Å². The number of aromatic nitrogens is 1. The van der Waals surface area contributed by atoms with Crippen molar-refractivity contribution in [2.45, 2.75) is 0 Å². The van der Waals surface area contributed by atoms with Crippen molar-refractivity contribution >= 4 is 17.6 Å². The number of para-hydroxylation sites is 1. The molecule has 0 unspecified atom stereocenters. The summed E-state index contributed by atoms with van der Waals surface area (Å²) in [7, 11) is 1.65. The van der Waals surface area contributed by atoms with Gasteiger partial charge in [-0.15, -0.1) is 16.4 Å². The highest BCUT2D eigenvalue weighted by molar-refractivity contribution is 7.07. The van der Waals surface area contributed by atoms with Crippen LogP contribution in [0.3, 0.4) is 0 Å². The summed E-state index contributed by atoms with van der Waals surface area (Å²) in [5, 5.41) is 10.7. The van der Waals surface area contributed by atoms with Crippen LogP contribution in [0.5, 0.6) is 5.75 Å². The molecule has 0 aliphatic rings. The number of thiazole rings is 1. The Bertz CT molecular complexity index is 1180. The van der Waals surface area contributed by atoms with Crippen molar-refractivity contribution in [3.8, 4) is 22.7 Å². The molecular weight excluding hydrogens is 385 g/mol. The first-order valence-corrected chi connectivity index (χ1v) is 9.85. The molecule has 3 aromatic carbocycles. The summed E-state index contributed by atoms with van der Waals surface area (Å²) in [4.78, 5) is 0.736. The van der Waals surface area contributed by atoms with Crippen LogP contribution < -0.4 is 9.54 Å². The quantitative estimate of drug-likeness (QED) is 0.330. The standard InChI is InChI=1S/C23H18FN3OS/c1-28-21-13-9-18(10-14-21)22-16-29-23(27(22)20-5-3-2-4-6-20)26-25-15-17-7-11-19(24)12-8-17/h2-16H,1H3/b25-15+,26-23-. The van der Waals surface area contributed by atoms with Crippen molar-refractivity contribution in [1.82, 2.24) is 4.57 Å². The lowest BCUT2D eigenvalue weighted by Gasteiger charge is -2.09. The number of ether oxygens (including phenoxy) is 1. The summed E-state index contributed by atoms with van der Waals surface area (Å²) in [6.45, 7) is 0. The third-order valence-corrected chi connectivity index (χ3v) is 5.14.